The number of sulfonamides is 1. The summed E-state index contributed by atoms with van der Waals surface area (Å²) in [5, 5.41) is 11.2. The lowest BCUT2D eigenvalue weighted by molar-refractivity contribution is -0.605. The second-order valence-electron chi connectivity index (χ2n) is 6.49. The largest absolute Gasteiger partial charge is 0.619 e. The van der Waals surface area contributed by atoms with Gasteiger partial charge < -0.3 is 5.21 Å². The average molecular weight is 408 g/mol. The Morgan fingerprint density at radius 1 is 0.966 bits per heavy atom. The molecule has 0 unspecified atom stereocenters. The van der Waals surface area contributed by atoms with E-state index in [1.54, 1.807) is 60.7 Å². The van der Waals surface area contributed by atoms with Crippen LogP contribution < -0.4 is 9.04 Å². The lowest BCUT2D eigenvalue weighted by Gasteiger charge is -2.23. The standard InChI is InChI=1S/C22H20N2O4S/c1-17-7-11-21(12-8-17)29(27,28)24(18(2)25)22-6-4-3-5-20(22)10-9-19-13-15-23(26)16-14-19/h3-16H,1-2H3/b10-9+. The van der Waals surface area contributed by atoms with Gasteiger partial charge in [0.2, 0.25) is 5.91 Å². The maximum Gasteiger partial charge on any atom is 0.270 e. The SMILES string of the molecule is CC(=O)N(c1ccccc1/C=C/c1cc[n+]([O-])cc1)S(=O)(=O)c1ccc(C)cc1. The molecular weight excluding hydrogens is 388 g/mol. The van der Waals surface area contributed by atoms with Crippen LogP contribution in [0.5, 0.6) is 0 Å². The number of amides is 1. The minimum Gasteiger partial charge on any atom is -0.619 e. The van der Waals surface area contributed by atoms with E-state index in [2.05, 4.69) is 0 Å². The first-order valence-electron chi connectivity index (χ1n) is 8.87. The van der Waals surface area contributed by atoms with Gasteiger partial charge in [-0.15, -0.1) is 0 Å². The van der Waals surface area contributed by atoms with Crippen LogP contribution in [0.15, 0.2) is 78.0 Å². The number of para-hydroxylation sites is 1. The van der Waals surface area contributed by atoms with Crippen molar-refractivity contribution in [1.82, 2.24) is 0 Å². The number of anilines is 1. The molecule has 0 saturated heterocycles. The van der Waals surface area contributed by atoms with Gasteiger partial charge in [0, 0.05) is 19.1 Å². The Morgan fingerprint density at radius 2 is 1.59 bits per heavy atom. The fraction of sp³-hybridized carbons (Fsp3) is 0.0909. The van der Waals surface area contributed by atoms with Crippen LogP contribution in [-0.4, -0.2) is 14.3 Å². The van der Waals surface area contributed by atoms with Crippen LogP contribution in [0.1, 0.15) is 23.6 Å². The quantitative estimate of drug-likeness (QED) is 0.478. The van der Waals surface area contributed by atoms with E-state index in [0.717, 1.165) is 15.4 Å². The van der Waals surface area contributed by atoms with Crippen molar-refractivity contribution in [2.45, 2.75) is 18.7 Å². The third-order valence-electron chi connectivity index (χ3n) is 4.28. The highest BCUT2D eigenvalue weighted by Crippen LogP contribution is 2.29. The molecule has 0 saturated carbocycles. The summed E-state index contributed by atoms with van der Waals surface area (Å²) in [5.74, 6) is -0.612. The Bertz CT molecular complexity index is 1150. The molecule has 29 heavy (non-hydrogen) atoms. The third-order valence-corrected chi connectivity index (χ3v) is 6.09. The first-order valence-corrected chi connectivity index (χ1v) is 10.3. The van der Waals surface area contributed by atoms with Crippen LogP contribution in [0.4, 0.5) is 5.69 Å². The van der Waals surface area contributed by atoms with Crippen LogP contribution >= 0.6 is 0 Å². The van der Waals surface area contributed by atoms with Crippen molar-refractivity contribution in [2.24, 2.45) is 0 Å². The van der Waals surface area contributed by atoms with Gasteiger partial charge in [-0.3, -0.25) is 4.79 Å². The molecule has 7 heteroatoms. The predicted molar refractivity (Wildman–Crippen MR) is 112 cm³/mol. The van der Waals surface area contributed by atoms with Crippen molar-refractivity contribution >= 4 is 33.8 Å². The first-order chi connectivity index (χ1) is 13.8. The number of nitrogens with zero attached hydrogens (tertiary/aromatic N) is 2. The maximum absolute atomic E-state index is 13.2. The summed E-state index contributed by atoms with van der Waals surface area (Å²) in [7, 11) is -4.08. The number of aryl methyl sites for hydroxylation is 1. The molecule has 0 bridgehead atoms. The van der Waals surface area contributed by atoms with Gasteiger partial charge in [0.25, 0.3) is 10.0 Å². The van der Waals surface area contributed by atoms with Gasteiger partial charge >= 0.3 is 0 Å². The summed E-state index contributed by atoms with van der Waals surface area (Å²) in [6, 6.07) is 16.4. The normalized spacial score (nSPS) is 11.5. The molecule has 1 heterocycles. The molecule has 0 spiro atoms. The highest BCUT2D eigenvalue weighted by molar-refractivity contribution is 7.93. The van der Waals surface area contributed by atoms with Crippen molar-refractivity contribution in [3.8, 4) is 0 Å². The van der Waals surface area contributed by atoms with Crippen LogP contribution in [-0.2, 0) is 14.8 Å². The number of carbonyl (C=O) groups is 1. The van der Waals surface area contributed by atoms with Crippen molar-refractivity contribution < 1.29 is 17.9 Å². The Morgan fingerprint density at radius 3 is 2.21 bits per heavy atom. The lowest BCUT2D eigenvalue weighted by atomic mass is 10.1. The van der Waals surface area contributed by atoms with Crippen molar-refractivity contribution in [1.29, 1.82) is 0 Å². The zero-order chi connectivity index (χ0) is 21.0. The number of rotatable bonds is 5. The number of carbonyl (C=O) groups excluding carboxylic acids is 1. The minimum absolute atomic E-state index is 0.0418. The molecule has 6 nitrogen and oxygen atoms in total. The second kappa shape index (κ2) is 8.28. The summed E-state index contributed by atoms with van der Waals surface area (Å²) in [5.41, 5.74) is 2.50. The van der Waals surface area contributed by atoms with Gasteiger partial charge in [0.15, 0.2) is 12.4 Å². The van der Waals surface area contributed by atoms with E-state index in [9.17, 15) is 18.4 Å². The molecule has 148 valence electrons. The van der Waals surface area contributed by atoms with E-state index in [1.807, 2.05) is 6.92 Å². The van der Waals surface area contributed by atoms with E-state index >= 15 is 0 Å². The summed E-state index contributed by atoms with van der Waals surface area (Å²) in [4.78, 5) is 12.4. The van der Waals surface area contributed by atoms with Gasteiger partial charge in [-0.05, 0) is 36.2 Å². The molecule has 0 aliphatic heterocycles. The number of hydrogen-bond donors (Lipinski definition) is 0. The first kappa shape index (κ1) is 20.3. The Balaban J connectivity index is 2.06. The molecule has 1 aromatic heterocycles. The summed E-state index contributed by atoms with van der Waals surface area (Å²) < 4.78 is 27.9. The van der Waals surface area contributed by atoms with Crippen LogP contribution in [0.2, 0.25) is 0 Å². The minimum atomic E-state index is -4.08. The number of hydrogen-bond acceptors (Lipinski definition) is 4. The molecule has 3 rings (SSSR count). The monoisotopic (exact) mass is 408 g/mol. The summed E-state index contributed by atoms with van der Waals surface area (Å²) in [6.07, 6.45) is 6.20. The molecule has 0 radical (unpaired) electrons. The zero-order valence-electron chi connectivity index (χ0n) is 16.0. The molecule has 2 aromatic carbocycles. The van der Waals surface area contributed by atoms with E-state index in [4.69, 9.17) is 0 Å². The van der Waals surface area contributed by atoms with Crippen molar-refractivity contribution in [2.75, 3.05) is 4.31 Å². The average Bonchev–Trinajstić information content (AvgIpc) is 2.68. The molecule has 0 aliphatic rings. The third kappa shape index (κ3) is 4.52. The van der Waals surface area contributed by atoms with Gasteiger partial charge in [-0.2, -0.15) is 4.73 Å². The van der Waals surface area contributed by atoms with Crippen LogP contribution in [0.25, 0.3) is 12.2 Å². The highest BCUT2D eigenvalue weighted by atomic mass is 32.2. The fourth-order valence-corrected chi connectivity index (χ4v) is 4.27. The van der Waals surface area contributed by atoms with Gasteiger partial charge in [0.1, 0.15) is 0 Å². The molecular formula is C22H20N2O4S. The summed E-state index contributed by atoms with van der Waals surface area (Å²) in [6.45, 7) is 3.08. The van der Waals surface area contributed by atoms with E-state index in [0.29, 0.717) is 10.3 Å². The molecule has 0 N–H and O–H groups in total. The number of pyridine rings is 1. The number of aromatic nitrogens is 1. The van der Waals surface area contributed by atoms with Gasteiger partial charge in [-0.1, -0.05) is 48.0 Å². The Hall–Kier alpha value is -3.45. The molecule has 0 aliphatic carbocycles. The maximum atomic E-state index is 13.2. The summed E-state index contributed by atoms with van der Waals surface area (Å²) >= 11 is 0. The van der Waals surface area contributed by atoms with E-state index in [-0.39, 0.29) is 10.6 Å². The van der Waals surface area contributed by atoms with Crippen molar-refractivity contribution in [3.63, 3.8) is 0 Å². The van der Waals surface area contributed by atoms with Crippen molar-refractivity contribution in [3.05, 3.63) is 95.0 Å². The fourth-order valence-electron chi connectivity index (χ4n) is 2.82. The Labute approximate surface area is 170 Å². The Kier molecular flexibility index (Phi) is 5.79. The molecule has 0 atom stereocenters. The van der Waals surface area contributed by atoms with Crippen LogP contribution in [0.3, 0.4) is 0 Å². The van der Waals surface area contributed by atoms with Gasteiger partial charge in [-0.25, -0.2) is 12.7 Å². The predicted octanol–water partition coefficient (Wildman–Crippen LogP) is 3.54. The molecule has 3 aromatic rings. The zero-order valence-corrected chi connectivity index (χ0v) is 16.8. The smallest absolute Gasteiger partial charge is 0.270 e. The van der Waals surface area contributed by atoms with Gasteiger partial charge in [0.05, 0.1) is 10.6 Å². The van der Waals surface area contributed by atoms with Crippen LogP contribution in [0, 0.1) is 12.1 Å². The molecule has 1 amide bonds. The highest BCUT2D eigenvalue weighted by Gasteiger charge is 2.29. The second-order valence-corrected chi connectivity index (χ2v) is 8.27. The van der Waals surface area contributed by atoms with E-state index < -0.39 is 15.9 Å². The number of benzene rings is 2. The molecule has 0 fully saturated rings. The topological polar surface area (TPSA) is 81.4 Å². The lowest BCUT2D eigenvalue weighted by Crippen LogP contribution is -2.35. The van der Waals surface area contributed by atoms with E-state index in [1.165, 1.54) is 31.5 Å².